The predicted octanol–water partition coefficient (Wildman–Crippen LogP) is 0.0554. The number of likely N-dealkylation sites (tertiary alicyclic amines) is 1. The molecule has 8 nitrogen and oxygen atoms in total. The number of amides is 1. The Morgan fingerprint density at radius 2 is 2.28 bits per heavy atom. The second-order valence-corrected chi connectivity index (χ2v) is 8.06. The van der Waals surface area contributed by atoms with Gasteiger partial charge in [0.2, 0.25) is 5.91 Å². The first-order chi connectivity index (χ1) is 11.9. The highest BCUT2D eigenvalue weighted by atomic mass is 19.1. The van der Waals surface area contributed by atoms with Gasteiger partial charge in [0.25, 0.3) is 0 Å². The summed E-state index contributed by atoms with van der Waals surface area (Å²) < 4.78 is 21.0. The number of tetrazole rings is 1. The first-order valence-corrected chi connectivity index (χ1v) is 8.89. The van der Waals surface area contributed by atoms with Crippen molar-refractivity contribution in [3.63, 3.8) is 0 Å². The number of ether oxygens (including phenoxy) is 1. The molecule has 0 bridgehead atoms. The lowest BCUT2D eigenvalue weighted by Gasteiger charge is -2.43. The number of halogens is 1. The number of aryl methyl sites for hydroxylation is 1. The molecule has 2 aliphatic heterocycles. The number of carbonyl (C=O) groups excluding carboxylic acids is 1. The minimum absolute atomic E-state index is 0.0441. The summed E-state index contributed by atoms with van der Waals surface area (Å²) in [6.07, 6.45) is 1.52. The SMILES string of the molecule is Cn1nnnc1CN1CC2COCCC2(C(=O)NC2CC(C)(F)C2)C1. The van der Waals surface area contributed by atoms with Gasteiger partial charge in [0.05, 0.1) is 18.6 Å². The van der Waals surface area contributed by atoms with Crippen LogP contribution in [0.3, 0.4) is 0 Å². The predicted molar refractivity (Wildman–Crippen MR) is 86.1 cm³/mol. The van der Waals surface area contributed by atoms with Gasteiger partial charge >= 0.3 is 0 Å². The van der Waals surface area contributed by atoms with Crippen LogP contribution >= 0.6 is 0 Å². The van der Waals surface area contributed by atoms with Gasteiger partial charge in [0.1, 0.15) is 5.67 Å². The molecule has 0 radical (unpaired) electrons. The highest BCUT2D eigenvalue weighted by Crippen LogP contribution is 2.44. The Balaban J connectivity index is 1.46. The molecular weight excluding hydrogens is 327 g/mol. The molecule has 3 aliphatic rings. The molecule has 3 fully saturated rings. The highest BCUT2D eigenvalue weighted by molar-refractivity contribution is 5.84. The Labute approximate surface area is 146 Å². The van der Waals surface area contributed by atoms with E-state index in [1.807, 2.05) is 7.05 Å². The summed E-state index contributed by atoms with van der Waals surface area (Å²) >= 11 is 0. The quantitative estimate of drug-likeness (QED) is 0.825. The van der Waals surface area contributed by atoms with Crippen molar-refractivity contribution >= 4 is 5.91 Å². The smallest absolute Gasteiger partial charge is 0.228 e. The van der Waals surface area contributed by atoms with Crippen molar-refractivity contribution in [2.24, 2.45) is 18.4 Å². The summed E-state index contributed by atoms with van der Waals surface area (Å²) in [6.45, 7) is 4.84. The fourth-order valence-corrected chi connectivity index (χ4v) is 4.53. The minimum Gasteiger partial charge on any atom is -0.381 e. The fraction of sp³-hybridized carbons (Fsp3) is 0.875. The number of fused-ring (bicyclic) bond motifs is 1. The zero-order chi connectivity index (χ0) is 17.7. The summed E-state index contributed by atoms with van der Waals surface area (Å²) in [6, 6.07) is -0.0441. The zero-order valence-electron chi connectivity index (χ0n) is 14.7. The van der Waals surface area contributed by atoms with Crippen LogP contribution in [0.4, 0.5) is 4.39 Å². The number of nitrogens with zero attached hydrogens (tertiary/aromatic N) is 5. The van der Waals surface area contributed by atoms with Crippen molar-refractivity contribution in [2.75, 3.05) is 26.3 Å². The van der Waals surface area contributed by atoms with Crippen LogP contribution in [0.2, 0.25) is 0 Å². The number of aromatic nitrogens is 4. The highest BCUT2D eigenvalue weighted by Gasteiger charge is 2.54. The number of nitrogens with one attached hydrogen (secondary N) is 1. The molecular formula is C16H25FN6O2. The number of carbonyl (C=O) groups is 1. The van der Waals surface area contributed by atoms with Gasteiger partial charge < -0.3 is 10.1 Å². The Morgan fingerprint density at radius 3 is 2.96 bits per heavy atom. The van der Waals surface area contributed by atoms with Gasteiger partial charge in [-0.05, 0) is 23.8 Å². The maximum absolute atomic E-state index is 13.7. The van der Waals surface area contributed by atoms with Crippen LogP contribution in [0.5, 0.6) is 0 Å². The molecule has 0 aromatic carbocycles. The third-order valence-corrected chi connectivity index (χ3v) is 5.98. The van der Waals surface area contributed by atoms with Crippen LogP contribution in [-0.4, -0.2) is 69.0 Å². The van der Waals surface area contributed by atoms with Crippen molar-refractivity contribution in [1.29, 1.82) is 0 Å². The lowest BCUT2D eigenvalue weighted by Crippen LogP contribution is -2.57. The Bertz CT molecular complexity index is 657. The van der Waals surface area contributed by atoms with Gasteiger partial charge in [0.15, 0.2) is 5.82 Å². The van der Waals surface area contributed by atoms with E-state index in [1.54, 1.807) is 11.6 Å². The largest absolute Gasteiger partial charge is 0.381 e. The molecule has 2 saturated heterocycles. The fourth-order valence-electron chi connectivity index (χ4n) is 4.53. The third-order valence-electron chi connectivity index (χ3n) is 5.98. The van der Waals surface area contributed by atoms with Crippen molar-refractivity contribution in [1.82, 2.24) is 30.4 Å². The average molecular weight is 352 g/mol. The van der Waals surface area contributed by atoms with Crippen LogP contribution in [0.15, 0.2) is 0 Å². The van der Waals surface area contributed by atoms with Crippen LogP contribution in [-0.2, 0) is 23.1 Å². The van der Waals surface area contributed by atoms with Gasteiger partial charge in [-0.25, -0.2) is 9.07 Å². The summed E-state index contributed by atoms with van der Waals surface area (Å²) in [4.78, 5) is 15.3. The van der Waals surface area contributed by atoms with E-state index in [0.29, 0.717) is 45.6 Å². The molecule has 0 spiro atoms. The van der Waals surface area contributed by atoms with Gasteiger partial charge in [0, 0.05) is 51.5 Å². The van der Waals surface area contributed by atoms with Crippen molar-refractivity contribution in [2.45, 2.75) is 44.4 Å². The summed E-state index contributed by atoms with van der Waals surface area (Å²) in [5.41, 5.74) is -1.59. The molecule has 2 atom stereocenters. The first kappa shape index (κ1) is 16.8. The lowest BCUT2D eigenvalue weighted by atomic mass is 9.72. The molecule has 1 amide bonds. The lowest BCUT2D eigenvalue weighted by molar-refractivity contribution is -0.141. The maximum atomic E-state index is 13.7. The Kier molecular flexibility index (Phi) is 4.03. The summed E-state index contributed by atoms with van der Waals surface area (Å²) in [5, 5.41) is 14.7. The van der Waals surface area contributed by atoms with Crippen LogP contribution in [0, 0.1) is 11.3 Å². The van der Waals surface area contributed by atoms with Crippen LogP contribution in [0.1, 0.15) is 32.0 Å². The number of rotatable bonds is 4. The van der Waals surface area contributed by atoms with E-state index >= 15 is 0 Å². The molecule has 1 aromatic rings. The van der Waals surface area contributed by atoms with Crippen molar-refractivity contribution in [3.8, 4) is 0 Å². The second kappa shape index (κ2) is 5.98. The number of alkyl halides is 1. The maximum Gasteiger partial charge on any atom is 0.228 e. The number of hydrogen-bond donors (Lipinski definition) is 1. The van der Waals surface area contributed by atoms with Gasteiger partial charge in [-0.2, -0.15) is 0 Å². The zero-order valence-corrected chi connectivity index (χ0v) is 14.7. The van der Waals surface area contributed by atoms with E-state index in [2.05, 4.69) is 25.7 Å². The Morgan fingerprint density at radius 1 is 1.48 bits per heavy atom. The molecule has 1 N–H and O–H groups in total. The van der Waals surface area contributed by atoms with Gasteiger partial charge in [-0.1, -0.05) is 0 Å². The number of hydrogen-bond acceptors (Lipinski definition) is 6. The van der Waals surface area contributed by atoms with Crippen molar-refractivity contribution in [3.05, 3.63) is 5.82 Å². The molecule has 4 rings (SSSR count). The third kappa shape index (κ3) is 3.03. The second-order valence-electron chi connectivity index (χ2n) is 8.06. The van der Waals surface area contributed by atoms with E-state index in [0.717, 1.165) is 12.4 Å². The van der Waals surface area contributed by atoms with E-state index in [1.165, 1.54) is 0 Å². The van der Waals surface area contributed by atoms with E-state index in [9.17, 15) is 9.18 Å². The summed E-state index contributed by atoms with van der Waals surface area (Å²) in [7, 11) is 1.81. The van der Waals surface area contributed by atoms with Crippen molar-refractivity contribution < 1.29 is 13.9 Å². The molecule has 1 saturated carbocycles. The minimum atomic E-state index is -1.13. The molecule has 9 heteroatoms. The normalized spacial score (nSPS) is 38.2. The first-order valence-electron chi connectivity index (χ1n) is 8.89. The summed E-state index contributed by atoms with van der Waals surface area (Å²) in [5.74, 6) is 0.987. The topological polar surface area (TPSA) is 85.2 Å². The Hall–Kier alpha value is -1.61. The molecule has 138 valence electrons. The molecule has 1 aromatic heterocycles. The van der Waals surface area contributed by atoms with E-state index in [-0.39, 0.29) is 17.9 Å². The average Bonchev–Trinajstić information content (AvgIpc) is 3.10. The molecule has 2 unspecified atom stereocenters. The standard InChI is InChI=1S/C16H25FN6O2/c1-15(17)5-12(6-15)18-14(24)16-3-4-25-9-11(16)7-23(10-16)8-13-19-20-21-22(13)2/h11-12H,3-10H2,1-2H3,(H,18,24). The van der Waals surface area contributed by atoms with E-state index < -0.39 is 11.1 Å². The monoisotopic (exact) mass is 352 g/mol. The molecule has 25 heavy (non-hydrogen) atoms. The van der Waals surface area contributed by atoms with Crippen LogP contribution in [0.25, 0.3) is 0 Å². The van der Waals surface area contributed by atoms with Crippen LogP contribution < -0.4 is 5.32 Å². The van der Waals surface area contributed by atoms with E-state index in [4.69, 9.17) is 4.74 Å². The van der Waals surface area contributed by atoms with Gasteiger partial charge in [-0.15, -0.1) is 5.10 Å². The molecule has 3 heterocycles. The molecule has 1 aliphatic carbocycles. The van der Waals surface area contributed by atoms with Gasteiger partial charge in [-0.3, -0.25) is 9.69 Å².